The zero-order valence-electron chi connectivity index (χ0n) is 14.2. The van der Waals surface area contributed by atoms with Crippen LogP contribution in [0.5, 0.6) is 0 Å². The first kappa shape index (κ1) is 19.8. The van der Waals surface area contributed by atoms with Crippen LogP contribution in [0.3, 0.4) is 0 Å². The molecule has 25 heavy (non-hydrogen) atoms. The molecule has 1 aromatic carbocycles. The van der Waals surface area contributed by atoms with Crippen molar-refractivity contribution < 1.29 is 28.2 Å². The predicted octanol–water partition coefficient (Wildman–Crippen LogP) is -0.926. The Morgan fingerprint density at radius 2 is 1.80 bits per heavy atom. The Balaban J connectivity index is 1.89. The first-order chi connectivity index (χ1) is 11.7. The highest BCUT2D eigenvalue weighted by atomic mass is 32.2. The van der Waals surface area contributed by atoms with Crippen LogP contribution in [0.1, 0.15) is 12.0 Å². The number of hydrogen-bond donors (Lipinski definition) is 3. The van der Waals surface area contributed by atoms with Gasteiger partial charge in [0.2, 0.25) is 15.9 Å². The van der Waals surface area contributed by atoms with Gasteiger partial charge in [0.15, 0.2) is 0 Å². The highest BCUT2D eigenvalue weighted by Gasteiger charge is 2.43. The first-order valence-electron chi connectivity index (χ1n) is 7.91. The number of aliphatic hydroxyl groups is 2. The molecule has 1 heterocycles. The standard InChI is InChI=1S/C16H24N2O6S/c1-18(10-11-6-4-3-5-7-11)14(19)8-12-15(20)16(21)13(24-12)9-17-25(2,22)23/h3-7,12-13,15-17,20-21H,8-10H2,1-2H3. The summed E-state index contributed by atoms with van der Waals surface area (Å²) in [5.74, 6) is -0.239. The number of amides is 1. The highest BCUT2D eigenvalue weighted by Crippen LogP contribution is 2.24. The van der Waals surface area contributed by atoms with Gasteiger partial charge in [-0.2, -0.15) is 0 Å². The van der Waals surface area contributed by atoms with Crippen molar-refractivity contribution in [1.82, 2.24) is 9.62 Å². The number of carbonyl (C=O) groups is 1. The minimum atomic E-state index is -3.44. The number of ether oxygens (including phenoxy) is 1. The molecule has 1 aliphatic rings. The quantitative estimate of drug-likeness (QED) is 0.570. The lowest BCUT2D eigenvalue weighted by Gasteiger charge is -2.21. The van der Waals surface area contributed by atoms with Gasteiger partial charge < -0.3 is 19.8 Å². The van der Waals surface area contributed by atoms with Gasteiger partial charge in [0.1, 0.15) is 18.3 Å². The summed E-state index contributed by atoms with van der Waals surface area (Å²) in [6, 6.07) is 9.46. The highest BCUT2D eigenvalue weighted by molar-refractivity contribution is 7.88. The van der Waals surface area contributed by atoms with Gasteiger partial charge in [-0.25, -0.2) is 13.1 Å². The Bertz CT molecular complexity index is 681. The van der Waals surface area contributed by atoms with Gasteiger partial charge in [-0.3, -0.25) is 4.79 Å². The van der Waals surface area contributed by atoms with Crippen molar-refractivity contribution in [3.63, 3.8) is 0 Å². The molecule has 0 bridgehead atoms. The summed E-state index contributed by atoms with van der Waals surface area (Å²) >= 11 is 0. The molecule has 2 rings (SSSR count). The SMILES string of the molecule is CN(Cc1ccccc1)C(=O)CC1OC(CNS(C)(=O)=O)C(O)C1O. The summed E-state index contributed by atoms with van der Waals surface area (Å²) in [6.45, 7) is 0.256. The fourth-order valence-corrected chi connectivity index (χ4v) is 3.14. The predicted molar refractivity (Wildman–Crippen MR) is 91.1 cm³/mol. The van der Waals surface area contributed by atoms with E-state index in [-0.39, 0.29) is 18.9 Å². The van der Waals surface area contributed by atoms with Crippen LogP contribution in [-0.4, -0.2) is 73.7 Å². The molecule has 9 heteroatoms. The summed E-state index contributed by atoms with van der Waals surface area (Å²) in [5, 5.41) is 20.0. The minimum absolute atomic E-state index is 0.100. The molecule has 1 aliphatic heterocycles. The summed E-state index contributed by atoms with van der Waals surface area (Å²) in [4.78, 5) is 13.8. The molecule has 1 amide bonds. The van der Waals surface area contributed by atoms with Gasteiger partial charge in [0.25, 0.3) is 0 Å². The van der Waals surface area contributed by atoms with E-state index in [1.54, 1.807) is 7.05 Å². The van der Waals surface area contributed by atoms with Crippen LogP contribution < -0.4 is 4.72 Å². The van der Waals surface area contributed by atoms with Crippen molar-refractivity contribution in [3.05, 3.63) is 35.9 Å². The maximum atomic E-state index is 12.3. The lowest BCUT2D eigenvalue weighted by atomic mass is 10.1. The molecule has 0 saturated carbocycles. The third-order valence-corrected chi connectivity index (χ3v) is 4.76. The van der Waals surface area contributed by atoms with Crippen molar-refractivity contribution in [3.8, 4) is 0 Å². The molecule has 1 fully saturated rings. The molecule has 0 aliphatic carbocycles. The average Bonchev–Trinajstić information content (AvgIpc) is 2.81. The summed E-state index contributed by atoms with van der Waals surface area (Å²) in [7, 11) is -1.79. The van der Waals surface area contributed by atoms with Gasteiger partial charge in [-0.05, 0) is 5.56 Å². The monoisotopic (exact) mass is 372 g/mol. The van der Waals surface area contributed by atoms with E-state index in [1.807, 2.05) is 30.3 Å². The van der Waals surface area contributed by atoms with Crippen LogP contribution in [0.15, 0.2) is 30.3 Å². The van der Waals surface area contributed by atoms with Gasteiger partial charge in [0.05, 0.1) is 18.8 Å². The number of carbonyl (C=O) groups excluding carboxylic acids is 1. The van der Waals surface area contributed by atoms with E-state index in [1.165, 1.54) is 4.90 Å². The number of sulfonamides is 1. The van der Waals surface area contributed by atoms with Gasteiger partial charge in [-0.1, -0.05) is 30.3 Å². The third kappa shape index (κ3) is 5.75. The van der Waals surface area contributed by atoms with Gasteiger partial charge in [0, 0.05) is 20.1 Å². The number of rotatable bonds is 7. The van der Waals surface area contributed by atoms with E-state index in [9.17, 15) is 23.4 Å². The Kier molecular flexibility index (Phi) is 6.53. The van der Waals surface area contributed by atoms with Crippen LogP contribution in [-0.2, 0) is 26.1 Å². The fraction of sp³-hybridized carbons (Fsp3) is 0.562. The molecule has 0 spiro atoms. The summed E-state index contributed by atoms with van der Waals surface area (Å²) in [5.41, 5.74) is 0.974. The van der Waals surface area contributed by atoms with Crippen molar-refractivity contribution in [2.24, 2.45) is 0 Å². The number of nitrogens with zero attached hydrogens (tertiary/aromatic N) is 1. The number of benzene rings is 1. The van der Waals surface area contributed by atoms with E-state index < -0.39 is 34.4 Å². The molecule has 1 saturated heterocycles. The second kappa shape index (κ2) is 8.24. The molecule has 4 atom stereocenters. The normalized spacial score (nSPS) is 26.6. The molecule has 1 aromatic rings. The Hall–Kier alpha value is -1.52. The molecule has 0 radical (unpaired) electrons. The van der Waals surface area contributed by atoms with Crippen LogP contribution in [0, 0.1) is 0 Å². The zero-order chi connectivity index (χ0) is 18.6. The Labute approximate surface area is 147 Å². The van der Waals surface area contributed by atoms with Crippen LogP contribution in [0.4, 0.5) is 0 Å². The van der Waals surface area contributed by atoms with Crippen molar-refractivity contribution in [1.29, 1.82) is 0 Å². The van der Waals surface area contributed by atoms with Gasteiger partial charge >= 0.3 is 0 Å². The van der Waals surface area contributed by atoms with Crippen LogP contribution >= 0.6 is 0 Å². The molecular weight excluding hydrogens is 348 g/mol. The van der Waals surface area contributed by atoms with E-state index in [0.717, 1.165) is 11.8 Å². The van der Waals surface area contributed by atoms with Crippen molar-refractivity contribution >= 4 is 15.9 Å². The molecule has 140 valence electrons. The van der Waals surface area contributed by atoms with E-state index in [0.29, 0.717) is 6.54 Å². The molecule has 0 aromatic heterocycles. The topological polar surface area (TPSA) is 116 Å². The molecule has 8 nitrogen and oxygen atoms in total. The molecule has 3 N–H and O–H groups in total. The zero-order valence-corrected chi connectivity index (χ0v) is 15.0. The largest absolute Gasteiger partial charge is 0.388 e. The second-order valence-corrected chi connectivity index (χ2v) is 8.09. The summed E-state index contributed by atoms with van der Waals surface area (Å²) < 4.78 is 30.0. The lowest BCUT2D eigenvalue weighted by molar-refractivity contribution is -0.134. The maximum absolute atomic E-state index is 12.3. The average molecular weight is 372 g/mol. The summed E-state index contributed by atoms with van der Waals surface area (Å²) in [6.07, 6.45) is -3.40. The minimum Gasteiger partial charge on any atom is -0.388 e. The number of hydrogen-bond acceptors (Lipinski definition) is 6. The van der Waals surface area contributed by atoms with Crippen molar-refractivity contribution in [2.75, 3.05) is 19.8 Å². The molecular formula is C16H24N2O6S. The molecule has 4 unspecified atom stereocenters. The number of nitrogens with one attached hydrogen (secondary N) is 1. The Morgan fingerprint density at radius 3 is 2.40 bits per heavy atom. The smallest absolute Gasteiger partial charge is 0.225 e. The van der Waals surface area contributed by atoms with E-state index in [4.69, 9.17) is 4.74 Å². The van der Waals surface area contributed by atoms with E-state index in [2.05, 4.69) is 4.72 Å². The van der Waals surface area contributed by atoms with Crippen LogP contribution in [0.2, 0.25) is 0 Å². The Morgan fingerprint density at radius 1 is 1.20 bits per heavy atom. The lowest BCUT2D eigenvalue weighted by Crippen LogP contribution is -2.39. The van der Waals surface area contributed by atoms with E-state index >= 15 is 0 Å². The maximum Gasteiger partial charge on any atom is 0.225 e. The van der Waals surface area contributed by atoms with Crippen molar-refractivity contribution in [2.45, 2.75) is 37.4 Å². The fourth-order valence-electron chi connectivity index (χ4n) is 2.67. The first-order valence-corrected chi connectivity index (χ1v) is 9.80. The second-order valence-electron chi connectivity index (χ2n) is 6.25. The van der Waals surface area contributed by atoms with Crippen LogP contribution in [0.25, 0.3) is 0 Å². The number of aliphatic hydroxyl groups excluding tert-OH is 2. The third-order valence-electron chi connectivity index (χ3n) is 4.07. The van der Waals surface area contributed by atoms with Gasteiger partial charge in [-0.15, -0.1) is 0 Å².